The lowest BCUT2D eigenvalue weighted by Crippen LogP contribution is -2.08. The second-order valence-corrected chi connectivity index (χ2v) is 5.55. The number of nitrogens with zero attached hydrogens (tertiary/aromatic N) is 1. The summed E-state index contributed by atoms with van der Waals surface area (Å²) in [6.45, 7) is 2.11. The van der Waals surface area contributed by atoms with Crippen molar-refractivity contribution in [2.75, 3.05) is 6.61 Å². The van der Waals surface area contributed by atoms with Crippen molar-refractivity contribution in [3.63, 3.8) is 0 Å². The number of aromatic nitrogens is 1. The number of H-pyrrole nitrogens is 1. The Balaban J connectivity index is 2.18. The monoisotopic (exact) mass is 330 g/mol. The molecule has 0 aliphatic rings. The highest BCUT2D eigenvalue weighted by Gasteiger charge is 2.21. The zero-order valence-corrected chi connectivity index (χ0v) is 14.0. The van der Waals surface area contributed by atoms with Gasteiger partial charge in [0.25, 0.3) is 0 Å². The van der Waals surface area contributed by atoms with Crippen LogP contribution in [0.25, 0.3) is 22.4 Å². The maximum atomic E-state index is 12.0. The van der Waals surface area contributed by atoms with Gasteiger partial charge in [-0.05, 0) is 18.1 Å². The van der Waals surface area contributed by atoms with E-state index in [1.54, 1.807) is 6.92 Å². The molecule has 0 radical (unpaired) electrons. The fourth-order valence-electron chi connectivity index (χ4n) is 2.90. The van der Waals surface area contributed by atoms with Gasteiger partial charge in [0.1, 0.15) is 6.07 Å². The number of hydrogen-bond acceptors (Lipinski definition) is 3. The van der Waals surface area contributed by atoms with Crippen molar-refractivity contribution >= 4 is 5.97 Å². The first-order valence-electron chi connectivity index (χ1n) is 8.16. The van der Waals surface area contributed by atoms with Crippen LogP contribution in [0, 0.1) is 11.3 Å². The largest absolute Gasteiger partial charge is 0.466 e. The van der Waals surface area contributed by atoms with Gasteiger partial charge in [-0.3, -0.25) is 4.79 Å². The molecule has 0 fully saturated rings. The number of hydrogen-bond donors (Lipinski definition) is 1. The number of esters is 1. The van der Waals surface area contributed by atoms with Gasteiger partial charge >= 0.3 is 5.97 Å². The summed E-state index contributed by atoms with van der Waals surface area (Å²) in [6, 6.07) is 21.6. The molecule has 2 aromatic carbocycles. The van der Waals surface area contributed by atoms with Crippen molar-refractivity contribution in [1.82, 2.24) is 4.98 Å². The van der Waals surface area contributed by atoms with Gasteiger partial charge in [-0.1, -0.05) is 60.7 Å². The Morgan fingerprint density at radius 1 is 1.04 bits per heavy atom. The van der Waals surface area contributed by atoms with Crippen LogP contribution < -0.4 is 0 Å². The molecule has 1 N–H and O–H groups in total. The summed E-state index contributed by atoms with van der Waals surface area (Å²) >= 11 is 0. The van der Waals surface area contributed by atoms with Gasteiger partial charge in [-0.15, -0.1) is 0 Å². The number of nitrogens with one attached hydrogen (secondary N) is 1. The summed E-state index contributed by atoms with van der Waals surface area (Å²) in [7, 11) is 0. The molecule has 0 saturated carbocycles. The summed E-state index contributed by atoms with van der Waals surface area (Å²) in [5, 5.41) is 9.79. The first-order valence-corrected chi connectivity index (χ1v) is 8.16. The maximum Gasteiger partial charge on any atom is 0.311 e. The number of nitriles is 1. The van der Waals surface area contributed by atoms with Gasteiger partial charge in [0.2, 0.25) is 0 Å². The Morgan fingerprint density at radius 2 is 1.64 bits per heavy atom. The minimum absolute atomic E-state index is 0.0968. The SMILES string of the molecule is CCOC(=O)Cc1[nH]c(-c2ccccc2)c(C#N)c1-c1ccccc1. The van der Waals surface area contributed by atoms with Crippen LogP contribution in [0.15, 0.2) is 60.7 Å². The number of carbonyl (C=O) groups is 1. The van der Waals surface area contributed by atoms with E-state index in [1.807, 2.05) is 60.7 Å². The molecule has 0 aliphatic carbocycles. The van der Waals surface area contributed by atoms with E-state index >= 15 is 0 Å². The average Bonchev–Trinajstić information content (AvgIpc) is 3.01. The Bertz CT molecular complexity index is 906. The average molecular weight is 330 g/mol. The summed E-state index contributed by atoms with van der Waals surface area (Å²) < 4.78 is 5.08. The fourth-order valence-corrected chi connectivity index (χ4v) is 2.90. The van der Waals surface area contributed by atoms with Crippen LogP contribution in [-0.2, 0) is 16.0 Å². The van der Waals surface area contributed by atoms with Crippen LogP contribution in [0.3, 0.4) is 0 Å². The lowest BCUT2D eigenvalue weighted by molar-refractivity contribution is -0.142. The van der Waals surface area contributed by atoms with Crippen molar-refractivity contribution in [2.24, 2.45) is 0 Å². The predicted molar refractivity (Wildman–Crippen MR) is 96.7 cm³/mol. The summed E-state index contributed by atoms with van der Waals surface area (Å²) in [6.07, 6.45) is 0.0968. The maximum absolute atomic E-state index is 12.0. The molecular weight excluding hydrogens is 312 g/mol. The molecule has 1 heterocycles. The van der Waals surface area contributed by atoms with Gasteiger partial charge in [-0.25, -0.2) is 0 Å². The second kappa shape index (κ2) is 7.50. The first-order chi connectivity index (χ1) is 12.2. The molecule has 25 heavy (non-hydrogen) atoms. The predicted octanol–water partition coefficient (Wildman–Crippen LogP) is 4.33. The molecule has 0 aliphatic heterocycles. The van der Waals surface area contributed by atoms with E-state index in [2.05, 4.69) is 11.1 Å². The zero-order chi connectivity index (χ0) is 17.6. The van der Waals surface area contributed by atoms with Crippen LogP contribution in [0.4, 0.5) is 0 Å². The Labute approximate surface area is 146 Å². The highest BCUT2D eigenvalue weighted by atomic mass is 16.5. The van der Waals surface area contributed by atoms with E-state index in [0.29, 0.717) is 17.9 Å². The highest BCUT2D eigenvalue weighted by Crippen LogP contribution is 2.35. The molecule has 124 valence electrons. The minimum Gasteiger partial charge on any atom is -0.466 e. The van der Waals surface area contributed by atoms with Crippen molar-refractivity contribution in [3.05, 3.63) is 71.9 Å². The van der Waals surface area contributed by atoms with E-state index in [9.17, 15) is 10.1 Å². The molecule has 3 rings (SSSR count). The number of aromatic amines is 1. The molecular formula is C21H18N2O2. The third-order valence-corrected chi connectivity index (χ3v) is 3.94. The molecule has 4 heteroatoms. The van der Waals surface area contributed by atoms with Crippen molar-refractivity contribution in [2.45, 2.75) is 13.3 Å². The van der Waals surface area contributed by atoms with Crippen molar-refractivity contribution < 1.29 is 9.53 Å². The number of ether oxygens (including phenoxy) is 1. The number of benzene rings is 2. The van der Waals surface area contributed by atoms with E-state index < -0.39 is 0 Å². The van der Waals surface area contributed by atoms with Gasteiger partial charge < -0.3 is 9.72 Å². The third-order valence-electron chi connectivity index (χ3n) is 3.94. The Hall–Kier alpha value is -3.32. The quantitative estimate of drug-likeness (QED) is 0.708. The van der Waals surface area contributed by atoms with Gasteiger partial charge in [0, 0.05) is 11.3 Å². The number of carbonyl (C=O) groups excluding carboxylic acids is 1. The molecule has 0 atom stereocenters. The third kappa shape index (κ3) is 3.46. The lowest BCUT2D eigenvalue weighted by Gasteiger charge is -2.05. The minimum atomic E-state index is -0.315. The molecule has 3 aromatic rings. The molecule has 0 unspecified atom stereocenters. The van der Waals surface area contributed by atoms with Crippen LogP contribution in [0.1, 0.15) is 18.2 Å². The van der Waals surface area contributed by atoms with E-state index in [1.165, 1.54) is 0 Å². The molecule has 1 aromatic heterocycles. The molecule has 0 amide bonds. The Morgan fingerprint density at radius 3 is 2.20 bits per heavy atom. The summed E-state index contributed by atoms with van der Waals surface area (Å²) in [5.41, 5.74) is 4.52. The highest BCUT2D eigenvalue weighted by molar-refractivity contribution is 5.86. The molecule has 0 spiro atoms. The van der Waals surface area contributed by atoms with Crippen LogP contribution in [0.5, 0.6) is 0 Å². The van der Waals surface area contributed by atoms with Gasteiger partial charge in [-0.2, -0.15) is 5.26 Å². The van der Waals surface area contributed by atoms with Crippen LogP contribution >= 0.6 is 0 Å². The number of rotatable bonds is 5. The van der Waals surface area contributed by atoms with Crippen molar-refractivity contribution in [3.8, 4) is 28.5 Å². The molecule has 0 bridgehead atoms. The van der Waals surface area contributed by atoms with Gasteiger partial charge in [0.15, 0.2) is 0 Å². The molecule has 4 nitrogen and oxygen atoms in total. The van der Waals surface area contributed by atoms with Gasteiger partial charge in [0.05, 0.1) is 24.3 Å². The van der Waals surface area contributed by atoms with Crippen LogP contribution in [-0.4, -0.2) is 17.6 Å². The second-order valence-electron chi connectivity index (χ2n) is 5.55. The Kier molecular flexibility index (Phi) is 4.96. The molecule has 0 saturated heterocycles. The summed E-state index contributed by atoms with van der Waals surface area (Å²) in [4.78, 5) is 15.3. The van der Waals surface area contributed by atoms with E-state index in [-0.39, 0.29) is 12.4 Å². The van der Waals surface area contributed by atoms with E-state index in [4.69, 9.17) is 4.74 Å². The summed E-state index contributed by atoms with van der Waals surface area (Å²) in [5.74, 6) is -0.315. The normalized spacial score (nSPS) is 10.2. The van der Waals surface area contributed by atoms with Crippen LogP contribution in [0.2, 0.25) is 0 Å². The van der Waals surface area contributed by atoms with E-state index in [0.717, 1.165) is 22.4 Å². The fraction of sp³-hybridized carbons (Fsp3) is 0.143. The lowest BCUT2D eigenvalue weighted by atomic mass is 9.98. The first kappa shape index (κ1) is 16.5. The smallest absolute Gasteiger partial charge is 0.311 e. The standard InChI is InChI=1S/C21H18N2O2/c1-2-25-19(24)13-18-20(15-9-5-3-6-10-15)17(14-22)21(23-18)16-11-7-4-8-12-16/h3-12,23H,2,13H2,1H3. The van der Waals surface area contributed by atoms with Crippen molar-refractivity contribution in [1.29, 1.82) is 5.26 Å². The topological polar surface area (TPSA) is 65.9 Å². The zero-order valence-electron chi connectivity index (χ0n) is 14.0.